The summed E-state index contributed by atoms with van der Waals surface area (Å²) >= 11 is 13.2. The van der Waals surface area contributed by atoms with Crippen molar-refractivity contribution in [3.63, 3.8) is 0 Å². The first-order valence-corrected chi connectivity index (χ1v) is 19.6. The summed E-state index contributed by atoms with van der Waals surface area (Å²) < 4.78 is 27.8. The molecule has 0 aliphatic heterocycles. The quantitative estimate of drug-likeness (QED) is 0.213. The summed E-state index contributed by atoms with van der Waals surface area (Å²) in [4.78, 5) is 29.7. The highest BCUT2D eigenvalue weighted by atomic mass is 35.5. The lowest BCUT2D eigenvalue weighted by atomic mass is 9.48. The van der Waals surface area contributed by atoms with Crippen LogP contribution in [0.4, 0.5) is 5.69 Å². The van der Waals surface area contributed by atoms with Gasteiger partial charge in [-0.05, 0) is 111 Å². The number of sulfonamides is 1. The molecule has 4 bridgehead atoms. The van der Waals surface area contributed by atoms with E-state index < -0.39 is 28.5 Å². The van der Waals surface area contributed by atoms with Crippen molar-refractivity contribution in [1.82, 2.24) is 10.2 Å². The summed E-state index contributed by atoms with van der Waals surface area (Å²) in [5, 5.41) is 3.66. The van der Waals surface area contributed by atoms with Crippen LogP contribution in [0.5, 0.6) is 0 Å². The summed E-state index contributed by atoms with van der Waals surface area (Å²) in [6.45, 7) is 3.14. The first-order chi connectivity index (χ1) is 22.8. The molecule has 10 heteroatoms. The summed E-state index contributed by atoms with van der Waals surface area (Å²) in [6, 6.07) is 21.2. The predicted molar refractivity (Wildman–Crippen MR) is 193 cm³/mol. The summed E-state index contributed by atoms with van der Waals surface area (Å²) in [7, 11) is -3.88. The van der Waals surface area contributed by atoms with Crippen LogP contribution in [-0.2, 0) is 38.0 Å². The van der Waals surface area contributed by atoms with E-state index in [4.69, 9.17) is 23.2 Å². The Morgan fingerprint density at radius 1 is 0.854 bits per heavy atom. The van der Waals surface area contributed by atoms with Gasteiger partial charge in [0.15, 0.2) is 0 Å². The third kappa shape index (κ3) is 7.56. The first-order valence-electron chi connectivity index (χ1n) is 17.0. The molecule has 4 fully saturated rings. The number of nitrogens with one attached hydrogen (secondary N) is 1. The Kier molecular flexibility index (Phi) is 10.2. The van der Waals surface area contributed by atoms with Gasteiger partial charge in [0.05, 0.1) is 11.9 Å². The Bertz CT molecular complexity index is 1690. The molecule has 256 valence electrons. The van der Waals surface area contributed by atoms with E-state index in [1.807, 2.05) is 56.3 Å². The zero-order valence-corrected chi connectivity index (χ0v) is 30.2. The fraction of sp³-hybridized carbons (Fsp3) is 0.474. The Morgan fingerprint density at radius 3 is 1.94 bits per heavy atom. The molecule has 3 aromatic carbocycles. The van der Waals surface area contributed by atoms with Crippen LogP contribution in [0.15, 0.2) is 72.8 Å². The van der Waals surface area contributed by atoms with Gasteiger partial charge < -0.3 is 10.2 Å². The largest absolute Gasteiger partial charge is 0.352 e. The zero-order valence-electron chi connectivity index (χ0n) is 27.9. The van der Waals surface area contributed by atoms with Gasteiger partial charge in [-0.15, -0.1) is 0 Å². The van der Waals surface area contributed by atoms with Crippen molar-refractivity contribution in [3.05, 3.63) is 99.5 Å². The van der Waals surface area contributed by atoms with E-state index in [1.54, 1.807) is 18.2 Å². The minimum atomic E-state index is -3.88. The maximum absolute atomic E-state index is 14.5. The monoisotopic (exact) mass is 709 g/mol. The lowest BCUT2D eigenvalue weighted by Gasteiger charge is -2.57. The highest BCUT2D eigenvalue weighted by Gasteiger charge is 2.51. The SMILES string of the molecule is CC(C)NC(=O)[C@H](Cc1ccccc1)N(Cc1c(Cl)cccc1Cl)C(=O)CN(c1ccc(C23CC4CC(CC(C4)C2)C3)cc1)S(C)(=O)=O. The molecule has 1 N–H and O–H groups in total. The van der Waals surface area contributed by atoms with E-state index in [2.05, 4.69) is 17.4 Å². The van der Waals surface area contributed by atoms with Crippen molar-refractivity contribution in [1.29, 1.82) is 0 Å². The number of amides is 2. The second kappa shape index (κ2) is 14.0. The van der Waals surface area contributed by atoms with Crippen LogP contribution in [0.1, 0.15) is 69.1 Å². The molecule has 3 aromatic rings. The molecule has 7 nitrogen and oxygen atoms in total. The molecular formula is C38H45Cl2N3O4S. The lowest BCUT2D eigenvalue weighted by molar-refractivity contribution is -0.140. The Hall–Kier alpha value is -3.07. The topological polar surface area (TPSA) is 86.8 Å². The number of hydrogen-bond donors (Lipinski definition) is 1. The maximum Gasteiger partial charge on any atom is 0.244 e. The Labute approximate surface area is 295 Å². The molecule has 0 saturated heterocycles. The summed E-state index contributed by atoms with van der Waals surface area (Å²) in [6.07, 6.45) is 8.96. The van der Waals surface area contributed by atoms with Gasteiger partial charge in [-0.25, -0.2) is 8.42 Å². The van der Waals surface area contributed by atoms with E-state index in [-0.39, 0.29) is 30.3 Å². The molecule has 0 heterocycles. The average molecular weight is 711 g/mol. The third-order valence-electron chi connectivity index (χ3n) is 10.6. The number of rotatable bonds is 12. The molecule has 0 radical (unpaired) electrons. The van der Waals surface area contributed by atoms with Crippen molar-refractivity contribution < 1.29 is 18.0 Å². The van der Waals surface area contributed by atoms with Crippen molar-refractivity contribution in [2.75, 3.05) is 17.1 Å². The molecular weight excluding hydrogens is 665 g/mol. The van der Waals surface area contributed by atoms with Crippen molar-refractivity contribution in [3.8, 4) is 0 Å². The number of halogens is 2. The molecule has 48 heavy (non-hydrogen) atoms. The zero-order chi connectivity index (χ0) is 34.2. The van der Waals surface area contributed by atoms with Gasteiger partial charge in [-0.3, -0.25) is 13.9 Å². The van der Waals surface area contributed by atoms with Gasteiger partial charge in [-0.2, -0.15) is 0 Å². The van der Waals surface area contributed by atoms with Crippen molar-refractivity contribution in [2.24, 2.45) is 17.8 Å². The molecule has 4 saturated carbocycles. The van der Waals surface area contributed by atoms with E-state index in [9.17, 15) is 18.0 Å². The van der Waals surface area contributed by atoms with Crippen LogP contribution in [-0.4, -0.2) is 50.0 Å². The van der Waals surface area contributed by atoms with Crippen molar-refractivity contribution >= 4 is 50.7 Å². The number of anilines is 1. The highest BCUT2D eigenvalue weighted by Crippen LogP contribution is 2.60. The highest BCUT2D eigenvalue weighted by molar-refractivity contribution is 7.92. The fourth-order valence-electron chi connectivity index (χ4n) is 8.85. The van der Waals surface area contributed by atoms with Gasteiger partial charge in [0, 0.05) is 34.6 Å². The second-order valence-electron chi connectivity index (χ2n) is 14.6. The Balaban J connectivity index is 1.33. The van der Waals surface area contributed by atoms with Gasteiger partial charge in [0.2, 0.25) is 21.8 Å². The standard InChI is InChI=1S/C38H45Cl2N3O4S/c1-25(2)41-37(45)35(19-26-8-5-4-6-9-26)42(23-32-33(39)10-7-11-34(32)40)36(44)24-43(48(3,46)47)31-14-12-30(13-15-31)38-20-27-16-28(21-38)18-29(17-27)22-38/h4-15,25,27-29,35H,16-24H2,1-3H3,(H,41,45)/t27?,28?,29?,35-,38?/m0/s1. The number of carbonyl (C=O) groups is 2. The molecule has 7 rings (SSSR count). The normalized spacial score (nSPS) is 23.6. The van der Waals surface area contributed by atoms with E-state index in [0.717, 1.165) is 33.9 Å². The molecule has 0 spiro atoms. The number of benzene rings is 3. The second-order valence-corrected chi connectivity index (χ2v) is 17.3. The fourth-order valence-corrected chi connectivity index (χ4v) is 10.2. The third-order valence-corrected chi connectivity index (χ3v) is 12.4. The van der Waals surface area contributed by atoms with Crippen LogP contribution in [0.2, 0.25) is 10.0 Å². The lowest BCUT2D eigenvalue weighted by Crippen LogP contribution is -2.54. The minimum Gasteiger partial charge on any atom is -0.352 e. The number of nitrogens with zero attached hydrogens (tertiary/aromatic N) is 2. The number of hydrogen-bond acceptors (Lipinski definition) is 4. The van der Waals surface area contributed by atoms with Gasteiger partial charge in [0.1, 0.15) is 12.6 Å². The van der Waals surface area contributed by atoms with Crippen LogP contribution in [0.25, 0.3) is 0 Å². The maximum atomic E-state index is 14.5. The summed E-state index contributed by atoms with van der Waals surface area (Å²) in [5.41, 5.74) is 3.19. The van der Waals surface area contributed by atoms with Crippen LogP contribution < -0.4 is 9.62 Å². The molecule has 0 aromatic heterocycles. The molecule has 4 aliphatic rings. The molecule has 2 amide bonds. The first kappa shape index (κ1) is 34.8. The summed E-state index contributed by atoms with van der Waals surface area (Å²) in [5.74, 6) is 1.47. The average Bonchev–Trinajstić information content (AvgIpc) is 3.02. The van der Waals surface area contributed by atoms with E-state index in [1.165, 1.54) is 49.0 Å². The molecule has 0 unspecified atom stereocenters. The minimum absolute atomic E-state index is 0.0804. The van der Waals surface area contributed by atoms with E-state index >= 15 is 0 Å². The Morgan fingerprint density at radius 2 is 1.42 bits per heavy atom. The van der Waals surface area contributed by atoms with Gasteiger partial charge >= 0.3 is 0 Å². The van der Waals surface area contributed by atoms with Gasteiger partial charge in [-0.1, -0.05) is 71.7 Å². The predicted octanol–water partition coefficient (Wildman–Crippen LogP) is 7.39. The van der Waals surface area contributed by atoms with Gasteiger partial charge in [0.25, 0.3) is 0 Å². The van der Waals surface area contributed by atoms with Crippen molar-refractivity contribution in [2.45, 2.75) is 82.8 Å². The van der Waals surface area contributed by atoms with Crippen LogP contribution in [0.3, 0.4) is 0 Å². The smallest absolute Gasteiger partial charge is 0.244 e. The molecule has 1 atom stereocenters. The number of carbonyl (C=O) groups excluding carboxylic acids is 2. The van der Waals surface area contributed by atoms with E-state index in [0.29, 0.717) is 21.3 Å². The van der Waals surface area contributed by atoms with Crippen LogP contribution >= 0.6 is 23.2 Å². The molecule has 4 aliphatic carbocycles. The van der Waals surface area contributed by atoms with Crippen LogP contribution in [0, 0.1) is 17.8 Å².